The van der Waals surface area contributed by atoms with Crippen molar-refractivity contribution in [3.63, 3.8) is 0 Å². The molecule has 1 N–H and O–H groups in total. The van der Waals surface area contributed by atoms with E-state index < -0.39 is 30.2 Å². The lowest BCUT2D eigenvalue weighted by atomic mass is 10.1. The largest absolute Gasteiger partial charge is 0.496 e. The second kappa shape index (κ2) is 8.37. The van der Waals surface area contributed by atoms with E-state index in [4.69, 9.17) is 9.47 Å². The van der Waals surface area contributed by atoms with Crippen molar-refractivity contribution >= 4 is 11.9 Å². The molecule has 2 rings (SSSR count). The molecule has 0 heterocycles. The van der Waals surface area contributed by atoms with Crippen LogP contribution in [0, 0.1) is 0 Å². The van der Waals surface area contributed by atoms with Gasteiger partial charge in [0.25, 0.3) is 5.91 Å². The summed E-state index contributed by atoms with van der Waals surface area (Å²) in [6, 6.07) is 11.0. The normalized spacial score (nSPS) is 10.9. The average molecular weight is 367 g/mol. The van der Waals surface area contributed by atoms with Crippen LogP contribution in [0.4, 0.5) is 13.2 Å². The number of halogens is 3. The lowest BCUT2D eigenvalue weighted by Crippen LogP contribution is -2.28. The molecule has 0 aliphatic heterocycles. The van der Waals surface area contributed by atoms with E-state index >= 15 is 0 Å². The third-order valence-electron chi connectivity index (χ3n) is 3.41. The van der Waals surface area contributed by atoms with E-state index in [1.807, 2.05) is 0 Å². The Hall–Kier alpha value is -3.03. The van der Waals surface area contributed by atoms with E-state index in [0.717, 1.165) is 12.1 Å². The monoisotopic (exact) mass is 367 g/mol. The molecule has 2 aromatic rings. The van der Waals surface area contributed by atoms with Gasteiger partial charge in [-0.25, -0.2) is 4.79 Å². The summed E-state index contributed by atoms with van der Waals surface area (Å²) in [5.41, 5.74) is -0.350. The molecule has 0 unspecified atom stereocenters. The third-order valence-corrected chi connectivity index (χ3v) is 3.41. The maximum absolute atomic E-state index is 12.6. The smallest absolute Gasteiger partial charge is 0.416 e. The Labute approximate surface area is 147 Å². The third kappa shape index (κ3) is 5.23. The molecule has 8 heteroatoms. The van der Waals surface area contributed by atoms with Crippen LogP contribution in [0.2, 0.25) is 0 Å². The minimum atomic E-state index is -4.45. The number of rotatable bonds is 6. The quantitative estimate of drug-likeness (QED) is 0.797. The number of methoxy groups -OCH3 is 1. The summed E-state index contributed by atoms with van der Waals surface area (Å²) in [6.45, 7) is -0.676. The van der Waals surface area contributed by atoms with Gasteiger partial charge in [0.1, 0.15) is 11.3 Å². The average Bonchev–Trinajstić information content (AvgIpc) is 2.64. The van der Waals surface area contributed by atoms with Crippen molar-refractivity contribution in [3.8, 4) is 5.75 Å². The first kappa shape index (κ1) is 19.3. The van der Waals surface area contributed by atoms with E-state index in [1.165, 1.54) is 25.3 Å². The van der Waals surface area contributed by atoms with Crippen molar-refractivity contribution in [1.82, 2.24) is 5.32 Å². The predicted molar refractivity (Wildman–Crippen MR) is 86.6 cm³/mol. The van der Waals surface area contributed by atoms with E-state index in [0.29, 0.717) is 5.75 Å². The van der Waals surface area contributed by atoms with Gasteiger partial charge in [0.2, 0.25) is 0 Å². The van der Waals surface area contributed by atoms with Crippen LogP contribution in [0.1, 0.15) is 21.5 Å². The van der Waals surface area contributed by atoms with Crippen molar-refractivity contribution < 1.29 is 32.2 Å². The number of alkyl halides is 3. The number of ether oxygens (including phenoxy) is 2. The molecular formula is C18H16F3NO4. The summed E-state index contributed by atoms with van der Waals surface area (Å²) in [4.78, 5) is 23.7. The number of hydrogen-bond donors (Lipinski definition) is 1. The SMILES string of the molecule is COc1ccccc1C(=O)OCC(=O)NCc1cccc(C(F)(F)F)c1. The molecule has 0 aliphatic carbocycles. The number of amides is 1. The van der Waals surface area contributed by atoms with Crippen molar-refractivity contribution in [3.05, 3.63) is 65.2 Å². The Morgan fingerprint density at radius 3 is 2.50 bits per heavy atom. The highest BCUT2D eigenvalue weighted by molar-refractivity contribution is 5.93. The van der Waals surface area contributed by atoms with Gasteiger partial charge in [-0.15, -0.1) is 0 Å². The predicted octanol–water partition coefficient (Wildman–Crippen LogP) is 3.19. The molecule has 0 radical (unpaired) electrons. The van der Waals surface area contributed by atoms with Crippen LogP contribution in [-0.2, 0) is 22.3 Å². The second-order valence-electron chi connectivity index (χ2n) is 5.25. The Bertz CT molecular complexity index is 790. The molecule has 0 aliphatic rings. The molecule has 0 saturated carbocycles. The summed E-state index contributed by atoms with van der Waals surface area (Å²) < 4.78 is 47.8. The van der Waals surface area contributed by atoms with E-state index in [9.17, 15) is 22.8 Å². The fourth-order valence-electron chi connectivity index (χ4n) is 2.13. The molecule has 0 aromatic heterocycles. The number of nitrogens with one attached hydrogen (secondary N) is 1. The summed E-state index contributed by atoms with van der Waals surface area (Å²) >= 11 is 0. The van der Waals surface area contributed by atoms with Crippen molar-refractivity contribution in [2.24, 2.45) is 0 Å². The first-order valence-corrected chi connectivity index (χ1v) is 7.54. The van der Waals surface area contributed by atoms with Gasteiger partial charge in [0.15, 0.2) is 6.61 Å². The number of para-hydroxylation sites is 1. The zero-order chi connectivity index (χ0) is 19.2. The molecule has 0 bridgehead atoms. The number of carbonyl (C=O) groups is 2. The van der Waals surface area contributed by atoms with Gasteiger partial charge in [0, 0.05) is 6.54 Å². The fraction of sp³-hybridized carbons (Fsp3) is 0.222. The van der Waals surface area contributed by atoms with Crippen LogP contribution in [0.25, 0.3) is 0 Å². The van der Waals surface area contributed by atoms with Gasteiger partial charge in [-0.2, -0.15) is 13.2 Å². The molecule has 1 amide bonds. The van der Waals surface area contributed by atoms with Crippen LogP contribution in [-0.4, -0.2) is 25.6 Å². The van der Waals surface area contributed by atoms with Crippen LogP contribution < -0.4 is 10.1 Å². The van der Waals surface area contributed by atoms with Crippen molar-refractivity contribution in [2.75, 3.05) is 13.7 Å². The van der Waals surface area contributed by atoms with E-state index in [2.05, 4.69) is 5.32 Å². The van der Waals surface area contributed by atoms with Gasteiger partial charge in [-0.1, -0.05) is 24.3 Å². The standard InChI is InChI=1S/C18H16F3NO4/c1-25-15-8-3-2-7-14(15)17(24)26-11-16(23)22-10-12-5-4-6-13(9-12)18(19,20)21/h2-9H,10-11H2,1H3,(H,22,23). The lowest BCUT2D eigenvalue weighted by molar-refractivity contribution is -0.137. The first-order chi connectivity index (χ1) is 12.3. The molecule has 0 fully saturated rings. The van der Waals surface area contributed by atoms with Crippen LogP contribution in [0.3, 0.4) is 0 Å². The minimum absolute atomic E-state index is 0.116. The van der Waals surface area contributed by atoms with Crippen LogP contribution >= 0.6 is 0 Å². The molecule has 5 nitrogen and oxygen atoms in total. The van der Waals surface area contributed by atoms with E-state index in [-0.39, 0.29) is 17.7 Å². The molecule has 0 atom stereocenters. The first-order valence-electron chi connectivity index (χ1n) is 7.54. The molecule has 26 heavy (non-hydrogen) atoms. The van der Waals surface area contributed by atoms with Gasteiger partial charge < -0.3 is 14.8 Å². The molecular weight excluding hydrogens is 351 g/mol. The summed E-state index contributed by atoms with van der Waals surface area (Å²) in [6.07, 6.45) is -4.45. The molecule has 0 spiro atoms. The maximum Gasteiger partial charge on any atom is 0.416 e. The maximum atomic E-state index is 12.6. The van der Waals surface area contributed by atoms with Crippen molar-refractivity contribution in [1.29, 1.82) is 0 Å². The van der Waals surface area contributed by atoms with Gasteiger partial charge in [-0.3, -0.25) is 4.79 Å². The fourth-order valence-corrected chi connectivity index (χ4v) is 2.13. The Morgan fingerprint density at radius 1 is 1.08 bits per heavy atom. The van der Waals surface area contributed by atoms with Gasteiger partial charge in [0.05, 0.1) is 12.7 Å². The zero-order valence-electron chi connectivity index (χ0n) is 13.8. The summed E-state index contributed by atoms with van der Waals surface area (Å²) in [5, 5.41) is 2.40. The number of hydrogen-bond acceptors (Lipinski definition) is 4. The summed E-state index contributed by atoms with van der Waals surface area (Å²) in [5.74, 6) is -1.07. The van der Waals surface area contributed by atoms with Crippen LogP contribution in [0.15, 0.2) is 48.5 Å². The van der Waals surface area contributed by atoms with Crippen LogP contribution in [0.5, 0.6) is 5.75 Å². The topological polar surface area (TPSA) is 64.6 Å². The van der Waals surface area contributed by atoms with E-state index in [1.54, 1.807) is 18.2 Å². The second-order valence-corrected chi connectivity index (χ2v) is 5.25. The highest BCUT2D eigenvalue weighted by atomic mass is 19.4. The molecule has 0 saturated heterocycles. The molecule has 2 aromatic carbocycles. The van der Waals surface area contributed by atoms with Gasteiger partial charge in [-0.05, 0) is 29.8 Å². The Morgan fingerprint density at radius 2 is 1.81 bits per heavy atom. The number of carbonyl (C=O) groups excluding carboxylic acids is 2. The van der Waals surface area contributed by atoms with Gasteiger partial charge >= 0.3 is 12.1 Å². The lowest BCUT2D eigenvalue weighted by Gasteiger charge is -2.10. The number of benzene rings is 2. The minimum Gasteiger partial charge on any atom is -0.496 e. The molecule has 138 valence electrons. The zero-order valence-corrected chi connectivity index (χ0v) is 13.8. The highest BCUT2D eigenvalue weighted by Gasteiger charge is 2.30. The summed E-state index contributed by atoms with van der Waals surface area (Å²) in [7, 11) is 1.40. The highest BCUT2D eigenvalue weighted by Crippen LogP contribution is 2.29. The van der Waals surface area contributed by atoms with Crippen molar-refractivity contribution in [2.45, 2.75) is 12.7 Å². The number of esters is 1. The Kier molecular flexibility index (Phi) is 6.21. The Balaban J connectivity index is 1.87.